The van der Waals surface area contributed by atoms with Gasteiger partial charge in [-0.3, -0.25) is 14.6 Å². The topological polar surface area (TPSA) is 60.2 Å². The fourth-order valence-corrected chi connectivity index (χ4v) is 3.56. The summed E-state index contributed by atoms with van der Waals surface area (Å²) in [5.74, 6) is -0.339. The monoisotopic (exact) mass is 342 g/mol. The van der Waals surface area contributed by atoms with Crippen LogP contribution in [0.2, 0.25) is 0 Å². The van der Waals surface area contributed by atoms with Crippen LogP contribution in [0, 0.1) is 0 Å². The maximum atomic E-state index is 12.2. The highest BCUT2D eigenvalue weighted by molar-refractivity contribution is 5.88. The van der Waals surface area contributed by atoms with Crippen LogP contribution in [0.25, 0.3) is 0 Å². The van der Waals surface area contributed by atoms with E-state index >= 15 is 0 Å². The highest BCUT2D eigenvalue weighted by Gasteiger charge is 2.26. The van der Waals surface area contributed by atoms with Crippen LogP contribution in [0.15, 0.2) is 30.7 Å². The summed E-state index contributed by atoms with van der Waals surface area (Å²) in [4.78, 5) is 18.8. The zero-order valence-electron chi connectivity index (χ0n) is 15.0. The fraction of sp³-hybridized carbons (Fsp3) is 0.526. The minimum absolute atomic E-state index is 0.339. The highest BCUT2D eigenvalue weighted by Crippen LogP contribution is 2.31. The summed E-state index contributed by atoms with van der Waals surface area (Å²) < 4.78 is 6.86. The molecule has 0 amide bonds. The second-order valence-electron chi connectivity index (χ2n) is 6.51. The first-order chi connectivity index (χ1) is 12.2. The summed E-state index contributed by atoms with van der Waals surface area (Å²) in [6.45, 7) is 3.89. The van der Waals surface area contributed by atoms with E-state index in [0.717, 1.165) is 18.5 Å². The third-order valence-corrected chi connectivity index (χ3v) is 4.70. The molecule has 0 bridgehead atoms. The van der Waals surface area contributed by atoms with Gasteiger partial charge >= 0.3 is 5.97 Å². The van der Waals surface area contributed by atoms with Crippen molar-refractivity contribution in [3.63, 3.8) is 0 Å². The molecule has 0 spiro atoms. The van der Waals surface area contributed by atoms with Gasteiger partial charge in [0.2, 0.25) is 0 Å². The quantitative estimate of drug-likeness (QED) is 0.782. The minimum Gasteiger partial charge on any atom is -0.461 e. The van der Waals surface area contributed by atoms with Gasteiger partial charge in [-0.1, -0.05) is 12.8 Å². The van der Waals surface area contributed by atoms with Crippen molar-refractivity contribution in [2.24, 2.45) is 7.05 Å². The molecule has 0 aromatic carbocycles. The zero-order valence-corrected chi connectivity index (χ0v) is 15.0. The van der Waals surface area contributed by atoms with Crippen molar-refractivity contribution in [2.75, 3.05) is 13.2 Å². The Morgan fingerprint density at radius 1 is 1.28 bits per heavy atom. The first-order valence-corrected chi connectivity index (χ1v) is 9.02. The summed E-state index contributed by atoms with van der Waals surface area (Å²) in [5.41, 5.74) is 2.66. The lowest BCUT2D eigenvalue weighted by atomic mass is 10.0. The maximum Gasteiger partial charge on any atom is 0.359 e. The molecule has 0 radical (unpaired) electrons. The SMILES string of the molecule is CCOC(=O)c1nn(C)cc1CN1CCCCC[C@H]1c1ccncc1. The molecule has 0 aliphatic carbocycles. The van der Waals surface area contributed by atoms with E-state index in [2.05, 4.69) is 27.1 Å². The Balaban J connectivity index is 1.85. The van der Waals surface area contributed by atoms with Crippen LogP contribution in [0.3, 0.4) is 0 Å². The summed E-state index contributed by atoms with van der Waals surface area (Å²) in [6.07, 6.45) is 10.4. The molecule has 0 N–H and O–H groups in total. The lowest BCUT2D eigenvalue weighted by molar-refractivity contribution is 0.0515. The highest BCUT2D eigenvalue weighted by atomic mass is 16.5. The van der Waals surface area contributed by atoms with Gasteiger partial charge in [0.1, 0.15) is 0 Å². The molecular weight excluding hydrogens is 316 g/mol. The van der Waals surface area contributed by atoms with Crippen LogP contribution >= 0.6 is 0 Å². The average molecular weight is 342 g/mol. The molecule has 134 valence electrons. The van der Waals surface area contributed by atoms with E-state index in [4.69, 9.17) is 4.74 Å². The van der Waals surface area contributed by atoms with Gasteiger partial charge in [0, 0.05) is 43.8 Å². The molecule has 1 aliphatic heterocycles. The summed E-state index contributed by atoms with van der Waals surface area (Å²) in [5, 5.41) is 4.32. The number of ether oxygens (including phenoxy) is 1. The van der Waals surface area contributed by atoms with E-state index in [1.54, 1.807) is 4.68 Å². The number of likely N-dealkylation sites (tertiary alicyclic amines) is 1. The van der Waals surface area contributed by atoms with Crippen LogP contribution in [-0.4, -0.2) is 38.8 Å². The van der Waals surface area contributed by atoms with Crippen molar-refractivity contribution in [1.29, 1.82) is 0 Å². The largest absolute Gasteiger partial charge is 0.461 e. The van der Waals surface area contributed by atoms with Gasteiger partial charge in [-0.05, 0) is 44.0 Å². The van der Waals surface area contributed by atoms with Crippen molar-refractivity contribution in [1.82, 2.24) is 19.7 Å². The fourth-order valence-electron chi connectivity index (χ4n) is 3.56. The van der Waals surface area contributed by atoms with E-state index in [0.29, 0.717) is 24.9 Å². The van der Waals surface area contributed by atoms with Gasteiger partial charge in [0.05, 0.1) is 6.61 Å². The molecule has 6 nitrogen and oxygen atoms in total. The molecule has 2 aromatic heterocycles. The Morgan fingerprint density at radius 2 is 2.08 bits per heavy atom. The van der Waals surface area contributed by atoms with Gasteiger partial charge in [-0.15, -0.1) is 0 Å². The predicted octanol–water partition coefficient (Wildman–Crippen LogP) is 3.11. The Bertz CT molecular complexity index is 699. The summed E-state index contributed by atoms with van der Waals surface area (Å²) >= 11 is 0. The minimum atomic E-state index is -0.339. The van der Waals surface area contributed by atoms with E-state index in [-0.39, 0.29) is 5.97 Å². The van der Waals surface area contributed by atoms with Crippen LogP contribution in [0.1, 0.15) is 60.3 Å². The number of rotatable bonds is 5. The van der Waals surface area contributed by atoms with Crippen molar-refractivity contribution < 1.29 is 9.53 Å². The van der Waals surface area contributed by atoms with Gasteiger partial charge in [-0.25, -0.2) is 4.79 Å². The molecule has 3 heterocycles. The van der Waals surface area contributed by atoms with E-state index < -0.39 is 0 Å². The van der Waals surface area contributed by atoms with Gasteiger partial charge in [-0.2, -0.15) is 5.10 Å². The first-order valence-electron chi connectivity index (χ1n) is 9.02. The third kappa shape index (κ3) is 4.25. The van der Waals surface area contributed by atoms with Crippen LogP contribution < -0.4 is 0 Å². The second kappa shape index (κ2) is 8.25. The molecule has 2 aromatic rings. The number of pyridine rings is 1. The van der Waals surface area contributed by atoms with Crippen molar-refractivity contribution in [3.05, 3.63) is 47.5 Å². The van der Waals surface area contributed by atoms with E-state index in [1.807, 2.05) is 32.6 Å². The Labute approximate surface area is 148 Å². The summed E-state index contributed by atoms with van der Waals surface area (Å²) in [7, 11) is 1.84. The summed E-state index contributed by atoms with van der Waals surface area (Å²) in [6, 6.07) is 4.54. The Hall–Kier alpha value is -2.21. The molecule has 3 rings (SSSR count). The van der Waals surface area contributed by atoms with Gasteiger partial charge in [0.25, 0.3) is 0 Å². The number of hydrogen-bond donors (Lipinski definition) is 0. The van der Waals surface area contributed by atoms with Crippen molar-refractivity contribution >= 4 is 5.97 Å². The van der Waals surface area contributed by atoms with Crippen LogP contribution in [0.4, 0.5) is 0 Å². The number of carbonyl (C=O) groups excluding carboxylic acids is 1. The standard InChI is InChI=1S/C19H26N4O2/c1-3-25-19(24)18-16(13-22(2)21-18)14-23-12-6-4-5-7-17(23)15-8-10-20-11-9-15/h8-11,13,17H,3-7,12,14H2,1-2H3/t17-/m0/s1. The Kier molecular flexibility index (Phi) is 5.81. The second-order valence-corrected chi connectivity index (χ2v) is 6.51. The predicted molar refractivity (Wildman–Crippen MR) is 95.0 cm³/mol. The lowest BCUT2D eigenvalue weighted by Gasteiger charge is -2.30. The molecule has 1 atom stereocenters. The smallest absolute Gasteiger partial charge is 0.359 e. The van der Waals surface area contributed by atoms with E-state index in [1.165, 1.54) is 24.8 Å². The lowest BCUT2D eigenvalue weighted by Crippen LogP contribution is -2.28. The number of carbonyl (C=O) groups is 1. The maximum absolute atomic E-state index is 12.2. The third-order valence-electron chi connectivity index (χ3n) is 4.70. The number of hydrogen-bond acceptors (Lipinski definition) is 5. The molecular formula is C19H26N4O2. The molecule has 25 heavy (non-hydrogen) atoms. The molecule has 1 saturated heterocycles. The molecule has 6 heteroatoms. The van der Waals surface area contributed by atoms with Crippen molar-refractivity contribution in [2.45, 2.75) is 45.2 Å². The molecule has 1 fully saturated rings. The number of aromatic nitrogens is 3. The number of esters is 1. The van der Waals surface area contributed by atoms with Gasteiger partial charge in [0.15, 0.2) is 5.69 Å². The molecule has 0 saturated carbocycles. The molecule has 0 unspecified atom stereocenters. The number of nitrogens with zero attached hydrogens (tertiary/aromatic N) is 4. The molecule has 1 aliphatic rings. The number of aryl methyl sites for hydroxylation is 1. The van der Waals surface area contributed by atoms with Crippen molar-refractivity contribution in [3.8, 4) is 0 Å². The zero-order chi connectivity index (χ0) is 17.6. The average Bonchev–Trinajstić information content (AvgIpc) is 2.83. The first kappa shape index (κ1) is 17.6. The van der Waals surface area contributed by atoms with Crippen LogP contribution in [0.5, 0.6) is 0 Å². The normalized spacial score (nSPS) is 18.7. The van der Waals surface area contributed by atoms with E-state index in [9.17, 15) is 4.79 Å². The van der Waals surface area contributed by atoms with Gasteiger partial charge < -0.3 is 4.74 Å². The van der Waals surface area contributed by atoms with Crippen LogP contribution in [-0.2, 0) is 18.3 Å². The Morgan fingerprint density at radius 3 is 2.84 bits per heavy atom.